The van der Waals surface area contributed by atoms with E-state index in [1.165, 1.54) is 11.1 Å². The van der Waals surface area contributed by atoms with Crippen molar-refractivity contribution in [1.29, 1.82) is 0 Å². The lowest BCUT2D eigenvalue weighted by atomic mass is 9.97. The number of ether oxygens (including phenoxy) is 2. The summed E-state index contributed by atoms with van der Waals surface area (Å²) in [5, 5.41) is 11.1. The van der Waals surface area contributed by atoms with Crippen molar-refractivity contribution in [2.75, 3.05) is 37.4 Å². The zero-order chi connectivity index (χ0) is 28.5. The van der Waals surface area contributed by atoms with Gasteiger partial charge in [0.05, 0.1) is 12.8 Å². The SMILES string of the molecule is CN1CCc2cc(C(=O)Nc3cccc(CNc4ncc(-c5cnn(C6CCCCO6)c5)c5c4CCO5)c3)ccc2C1. The molecule has 0 radical (unpaired) electrons. The van der Waals surface area contributed by atoms with Gasteiger partial charge in [0, 0.05) is 73.0 Å². The Morgan fingerprint density at radius 1 is 1.07 bits per heavy atom. The molecule has 3 aliphatic heterocycles. The molecule has 42 heavy (non-hydrogen) atoms. The molecule has 1 saturated heterocycles. The van der Waals surface area contributed by atoms with Crippen LogP contribution < -0.4 is 15.4 Å². The van der Waals surface area contributed by atoms with Gasteiger partial charge in [-0.1, -0.05) is 18.2 Å². The van der Waals surface area contributed by atoms with Crippen molar-refractivity contribution in [3.05, 3.63) is 88.9 Å². The Balaban J connectivity index is 1.02. The highest BCUT2D eigenvalue weighted by molar-refractivity contribution is 6.04. The molecular weight excluding hydrogens is 528 g/mol. The van der Waals surface area contributed by atoms with Crippen LogP contribution in [0.4, 0.5) is 11.5 Å². The van der Waals surface area contributed by atoms with Crippen molar-refractivity contribution >= 4 is 17.4 Å². The zero-order valence-corrected chi connectivity index (χ0v) is 23.9. The van der Waals surface area contributed by atoms with E-state index in [0.29, 0.717) is 18.7 Å². The van der Waals surface area contributed by atoms with Crippen LogP contribution in [0.5, 0.6) is 5.75 Å². The molecular formula is C33H36N6O3. The average molecular weight is 565 g/mol. The van der Waals surface area contributed by atoms with Gasteiger partial charge in [-0.3, -0.25) is 4.79 Å². The molecule has 1 fully saturated rings. The van der Waals surface area contributed by atoms with Gasteiger partial charge in [-0.2, -0.15) is 5.10 Å². The number of amides is 1. The number of fused-ring (bicyclic) bond motifs is 2. The predicted molar refractivity (Wildman–Crippen MR) is 162 cm³/mol. The van der Waals surface area contributed by atoms with Crippen LogP contribution >= 0.6 is 0 Å². The van der Waals surface area contributed by atoms with Crippen LogP contribution in [0.1, 0.15) is 58.1 Å². The number of hydrogen-bond acceptors (Lipinski definition) is 7. The lowest BCUT2D eigenvalue weighted by Crippen LogP contribution is -2.26. The highest BCUT2D eigenvalue weighted by atomic mass is 16.5. The number of benzene rings is 2. The van der Waals surface area contributed by atoms with E-state index in [1.54, 1.807) is 0 Å². The number of anilines is 2. The summed E-state index contributed by atoms with van der Waals surface area (Å²) in [6, 6.07) is 14.0. The first-order chi connectivity index (χ1) is 20.6. The Bertz CT molecular complexity index is 1610. The first-order valence-corrected chi connectivity index (χ1v) is 14.9. The number of hydrogen-bond donors (Lipinski definition) is 2. The fraction of sp³-hybridized carbons (Fsp3) is 0.364. The third kappa shape index (κ3) is 5.49. The van der Waals surface area contributed by atoms with E-state index in [4.69, 9.17) is 14.5 Å². The van der Waals surface area contributed by atoms with Gasteiger partial charge >= 0.3 is 0 Å². The van der Waals surface area contributed by atoms with Gasteiger partial charge in [0.15, 0.2) is 0 Å². The molecule has 7 rings (SSSR count). The average Bonchev–Trinajstić information content (AvgIpc) is 3.71. The van der Waals surface area contributed by atoms with Gasteiger partial charge in [-0.15, -0.1) is 0 Å². The van der Waals surface area contributed by atoms with E-state index in [9.17, 15) is 4.79 Å². The number of rotatable bonds is 7. The Morgan fingerprint density at radius 2 is 2.02 bits per heavy atom. The quantitative estimate of drug-likeness (QED) is 0.309. The lowest BCUT2D eigenvalue weighted by molar-refractivity contribution is -0.0394. The smallest absolute Gasteiger partial charge is 0.255 e. The molecule has 1 unspecified atom stereocenters. The highest BCUT2D eigenvalue weighted by Crippen LogP contribution is 2.40. The topological polar surface area (TPSA) is 93.5 Å². The van der Waals surface area contributed by atoms with E-state index < -0.39 is 0 Å². The summed E-state index contributed by atoms with van der Waals surface area (Å²) in [6.07, 6.45) is 10.8. The minimum absolute atomic E-state index is 0.00352. The van der Waals surface area contributed by atoms with Gasteiger partial charge in [-0.05, 0) is 73.7 Å². The molecule has 9 heteroatoms. The van der Waals surface area contributed by atoms with Crippen LogP contribution in [0.15, 0.2) is 61.1 Å². The molecule has 3 aliphatic rings. The van der Waals surface area contributed by atoms with E-state index in [-0.39, 0.29) is 12.1 Å². The largest absolute Gasteiger partial charge is 0.492 e. The number of carbonyl (C=O) groups is 1. The van der Waals surface area contributed by atoms with Crippen LogP contribution in [-0.2, 0) is 30.7 Å². The second-order valence-corrected chi connectivity index (χ2v) is 11.4. The Kier molecular flexibility index (Phi) is 7.36. The Morgan fingerprint density at radius 3 is 2.93 bits per heavy atom. The first-order valence-electron chi connectivity index (χ1n) is 14.9. The molecule has 0 spiro atoms. The summed E-state index contributed by atoms with van der Waals surface area (Å²) in [4.78, 5) is 20.1. The van der Waals surface area contributed by atoms with E-state index in [1.807, 2.05) is 59.7 Å². The molecule has 1 atom stereocenters. The van der Waals surface area contributed by atoms with Crippen LogP contribution in [0.25, 0.3) is 11.1 Å². The second kappa shape index (κ2) is 11.6. The summed E-state index contributed by atoms with van der Waals surface area (Å²) >= 11 is 0. The third-order valence-corrected chi connectivity index (χ3v) is 8.41. The van der Waals surface area contributed by atoms with Gasteiger partial charge in [0.25, 0.3) is 5.91 Å². The van der Waals surface area contributed by atoms with Crippen LogP contribution in [0.3, 0.4) is 0 Å². The van der Waals surface area contributed by atoms with E-state index >= 15 is 0 Å². The molecule has 4 aromatic rings. The van der Waals surface area contributed by atoms with Crippen LogP contribution in [0.2, 0.25) is 0 Å². The summed E-state index contributed by atoms with van der Waals surface area (Å²) < 4.78 is 13.9. The fourth-order valence-electron chi connectivity index (χ4n) is 6.10. The van der Waals surface area contributed by atoms with Gasteiger partial charge in [0.1, 0.15) is 17.8 Å². The monoisotopic (exact) mass is 564 g/mol. The number of pyridine rings is 1. The summed E-state index contributed by atoms with van der Waals surface area (Å²) in [5.41, 5.74) is 8.10. The van der Waals surface area contributed by atoms with Gasteiger partial charge in [0.2, 0.25) is 0 Å². The molecule has 0 bridgehead atoms. The lowest BCUT2D eigenvalue weighted by Gasteiger charge is -2.25. The number of nitrogens with zero attached hydrogens (tertiary/aromatic N) is 4. The summed E-state index contributed by atoms with van der Waals surface area (Å²) in [7, 11) is 2.13. The second-order valence-electron chi connectivity index (χ2n) is 11.4. The number of aromatic nitrogens is 3. The maximum Gasteiger partial charge on any atom is 0.255 e. The van der Waals surface area contributed by atoms with Crippen LogP contribution in [-0.4, -0.2) is 52.4 Å². The molecule has 2 N–H and O–H groups in total. The Labute approximate surface area is 245 Å². The molecule has 2 aromatic heterocycles. The van der Waals surface area contributed by atoms with Crippen molar-refractivity contribution in [3.63, 3.8) is 0 Å². The van der Waals surface area contributed by atoms with Crippen LogP contribution in [0, 0.1) is 0 Å². The summed E-state index contributed by atoms with van der Waals surface area (Å²) in [5.74, 6) is 1.60. The molecule has 1 amide bonds. The maximum atomic E-state index is 13.0. The molecule has 2 aromatic carbocycles. The fourth-order valence-corrected chi connectivity index (χ4v) is 6.10. The van der Waals surface area contributed by atoms with Crippen molar-refractivity contribution < 1.29 is 14.3 Å². The Hall–Kier alpha value is -4.21. The minimum Gasteiger partial charge on any atom is -0.492 e. The molecule has 9 nitrogen and oxygen atoms in total. The molecule has 5 heterocycles. The molecule has 216 valence electrons. The predicted octanol–water partition coefficient (Wildman–Crippen LogP) is 5.43. The van der Waals surface area contributed by atoms with Gasteiger partial charge in [-0.25, -0.2) is 9.67 Å². The van der Waals surface area contributed by atoms with Crippen molar-refractivity contribution in [2.45, 2.75) is 51.4 Å². The summed E-state index contributed by atoms with van der Waals surface area (Å²) in [6.45, 7) is 3.93. The molecule has 0 aliphatic carbocycles. The number of likely N-dealkylation sites (N-methyl/N-ethyl adjacent to an activating group) is 1. The first kappa shape index (κ1) is 26.7. The van der Waals surface area contributed by atoms with E-state index in [2.05, 4.69) is 33.7 Å². The van der Waals surface area contributed by atoms with Crippen molar-refractivity contribution in [1.82, 2.24) is 19.7 Å². The van der Waals surface area contributed by atoms with Gasteiger partial charge < -0.3 is 25.0 Å². The van der Waals surface area contributed by atoms with Crippen molar-refractivity contribution in [3.8, 4) is 16.9 Å². The van der Waals surface area contributed by atoms with E-state index in [0.717, 1.165) is 91.3 Å². The third-order valence-electron chi connectivity index (χ3n) is 8.41. The highest BCUT2D eigenvalue weighted by Gasteiger charge is 2.24. The number of nitrogens with one attached hydrogen (secondary N) is 2. The maximum absolute atomic E-state index is 13.0. The van der Waals surface area contributed by atoms with Crippen molar-refractivity contribution in [2.24, 2.45) is 0 Å². The molecule has 0 saturated carbocycles. The normalized spacial score (nSPS) is 18.2. The standard InChI is InChI=1S/C33H36N6O3/c1-38-12-10-23-16-24(8-9-25(23)20-38)33(40)37-27-6-4-5-22(15-27)17-34-32-28-11-14-42-31(28)29(19-35-32)26-18-36-39(21-26)30-7-2-3-13-41-30/h4-6,8-9,15-16,18-19,21,30H,2-3,7,10-14,17,20H2,1H3,(H,34,35)(H,37,40). The minimum atomic E-state index is -0.0903. The number of carbonyl (C=O) groups excluding carboxylic acids is 1. The zero-order valence-electron chi connectivity index (χ0n) is 23.9.